The molecule has 0 aliphatic heterocycles. The molecule has 0 radical (unpaired) electrons. The molecule has 1 aromatic rings. The van der Waals surface area contributed by atoms with E-state index in [1.54, 1.807) is 0 Å². The van der Waals surface area contributed by atoms with Gasteiger partial charge in [0.05, 0.1) is 6.20 Å². The molecule has 1 aromatic heterocycles. The van der Waals surface area contributed by atoms with E-state index in [1.807, 2.05) is 10.9 Å². The SMILES string of the molecule is CCn1cc(C(NC)C2CCCCCC2)cn1. The molecule has 0 bridgehead atoms. The van der Waals surface area contributed by atoms with Crippen molar-refractivity contribution in [3.05, 3.63) is 18.0 Å². The van der Waals surface area contributed by atoms with Crippen molar-refractivity contribution in [1.29, 1.82) is 0 Å². The third kappa shape index (κ3) is 3.09. The molecule has 2 rings (SSSR count). The van der Waals surface area contributed by atoms with Gasteiger partial charge in [0.2, 0.25) is 0 Å². The Kier molecular flexibility index (Phi) is 4.60. The van der Waals surface area contributed by atoms with Gasteiger partial charge in [0.15, 0.2) is 0 Å². The second-order valence-electron chi connectivity index (χ2n) is 5.15. The summed E-state index contributed by atoms with van der Waals surface area (Å²) >= 11 is 0. The Labute approximate surface area is 105 Å². The lowest BCUT2D eigenvalue weighted by atomic mass is 9.88. The van der Waals surface area contributed by atoms with Crippen LogP contribution in [0.4, 0.5) is 0 Å². The van der Waals surface area contributed by atoms with Crippen molar-refractivity contribution in [2.24, 2.45) is 5.92 Å². The van der Waals surface area contributed by atoms with Crippen molar-refractivity contribution < 1.29 is 0 Å². The fourth-order valence-corrected chi connectivity index (χ4v) is 3.03. The van der Waals surface area contributed by atoms with E-state index >= 15 is 0 Å². The molecular weight excluding hydrogens is 210 g/mol. The van der Waals surface area contributed by atoms with Gasteiger partial charge in [-0.2, -0.15) is 5.10 Å². The molecule has 1 saturated carbocycles. The number of nitrogens with zero attached hydrogens (tertiary/aromatic N) is 2. The van der Waals surface area contributed by atoms with Gasteiger partial charge in [-0.05, 0) is 32.7 Å². The molecule has 0 aromatic carbocycles. The Hall–Kier alpha value is -0.830. The highest BCUT2D eigenvalue weighted by molar-refractivity contribution is 5.11. The third-order valence-corrected chi connectivity index (χ3v) is 4.02. The van der Waals surface area contributed by atoms with Crippen LogP contribution >= 0.6 is 0 Å². The van der Waals surface area contributed by atoms with Gasteiger partial charge in [0, 0.05) is 24.3 Å². The van der Waals surface area contributed by atoms with Crippen LogP contribution in [-0.4, -0.2) is 16.8 Å². The van der Waals surface area contributed by atoms with E-state index < -0.39 is 0 Å². The molecule has 1 aliphatic rings. The molecule has 17 heavy (non-hydrogen) atoms. The highest BCUT2D eigenvalue weighted by Crippen LogP contribution is 2.33. The fraction of sp³-hybridized carbons (Fsp3) is 0.786. The summed E-state index contributed by atoms with van der Waals surface area (Å²) in [6, 6.07) is 0.494. The molecule has 1 fully saturated rings. The second kappa shape index (κ2) is 6.20. The fourth-order valence-electron chi connectivity index (χ4n) is 3.03. The predicted molar refractivity (Wildman–Crippen MR) is 70.9 cm³/mol. The van der Waals surface area contributed by atoms with Crippen LogP contribution in [0, 0.1) is 5.92 Å². The molecule has 96 valence electrons. The largest absolute Gasteiger partial charge is 0.313 e. The maximum atomic E-state index is 4.40. The van der Waals surface area contributed by atoms with Gasteiger partial charge in [-0.3, -0.25) is 4.68 Å². The van der Waals surface area contributed by atoms with Crippen molar-refractivity contribution in [3.8, 4) is 0 Å². The smallest absolute Gasteiger partial charge is 0.0537 e. The molecule has 3 heteroatoms. The summed E-state index contributed by atoms with van der Waals surface area (Å²) in [6.07, 6.45) is 12.6. The summed E-state index contributed by atoms with van der Waals surface area (Å²) < 4.78 is 2.02. The van der Waals surface area contributed by atoms with E-state index in [9.17, 15) is 0 Å². The number of hydrogen-bond acceptors (Lipinski definition) is 2. The molecule has 1 unspecified atom stereocenters. The maximum Gasteiger partial charge on any atom is 0.0537 e. The normalized spacial score (nSPS) is 20.1. The second-order valence-corrected chi connectivity index (χ2v) is 5.15. The third-order valence-electron chi connectivity index (χ3n) is 4.02. The molecule has 0 saturated heterocycles. The lowest BCUT2D eigenvalue weighted by Gasteiger charge is -2.24. The summed E-state index contributed by atoms with van der Waals surface area (Å²) in [5.74, 6) is 0.789. The number of rotatable bonds is 4. The van der Waals surface area contributed by atoms with Crippen LogP contribution < -0.4 is 5.32 Å². The van der Waals surface area contributed by atoms with Crippen LogP contribution in [0.2, 0.25) is 0 Å². The van der Waals surface area contributed by atoms with Crippen LogP contribution in [0.5, 0.6) is 0 Å². The zero-order valence-electron chi connectivity index (χ0n) is 11.2. The van der Waals surface area contributed by atoms with Gasteiger partial charge in [-0.15, -0.1) is 0 Å². The summed E-state index contributed by atoms with van der Waals surface area (Å²) in [4.78, 5) is 0. The minimum Gasteiger partial charge on any atom is -0.313 e. The number of hydrogen-bond donors (Lipinski definition) is 1. The Morgan fingerprint density at radius 2 is 2.06 bits per heavy atom. The van der Waals surface area contributed by atoms with E-state index in [-0.39, 0.29) is 0 Å². The Morgan fingerprint density at radius 1 is 1.35 bits per heavy atom. The summed E-state index contributed by atoms with van der Waals surface area (Å²) in [7, 11) is 2.08. The van der Waals surface area contributed by atoms with Crippen LogP contribution in [0.15, 0.2) is 12.4 Å². The zero-order valence-corrected chi connectivity index (χ0v) is 11.2. The summed E-state index contributed by atoms with van der Waals surface area (Å²) in [5.41, 5.74) is 1.36. The van der Waals surface area contributed by atoms with Crippen molar-refractivity contribution in [1.82, 2.24) is 15.1 Å². The quantitative estimate of drug-likeness (QED) is 0.813. The molecule has 0 spiro atoms. The Morgan fingerprint density at radius 3 is 2.59 bits per heavy atom. The molecular formula is C14H25N3. The van der Waals surface area contributed by atoms with Gasteiger partial charge in [0.1, 0.15) is 0 Å². The first-order valence-electron chi connectivity index (χ1n) is 7.04. The Balaban J connectivity index is 2.08. The topological polar surface area (TPSA) is 29.9 Å². The van der Waals surface area contributed by atoms with E-state index in [4.69, 9.17) is 0 Å². The molecule has 1 N–H and O–H groups in total. The average molecular weight is 235 g/mol. The highest BCUT2D eigenvalue weighted by atomic mass is 15.3. The predicted octanol–water partition coefficient (Wildman–Crippen LogP) is 3.13. The van der Waals surface area contributed by atoms with Gasteiger partial charge in [0.25, 0.3) is 0 Å². The first-order valence-corrected chi connectivity index (χ1v) is 7.04. The van der Waals surface area contributed by atoms with Crippen molar-refractivity contribution in [2.45, 2.75) is 58.0 Å². The molecule has 1 aliphatic carbocycles. The standard InChI is InChI=1S/C14H25N3/c1-3-17-11-13(10-16-17)14(15-2)12-8-6-4-5-7-9-12/h10-12,14-15H,3-9H2,1-2H3. The maximum absolute atomic E-state index is 4.40. The van der Waals surface area contributed by atoms with Gasteiger partial charge in [-0.1, -0.05) is 25.7 Å². The zero-order chi connectivity index (χ0) is 12.1. The van der Waals surface area contributed by atoms with Crippen LogP contribution in [0.3, 0.4) is 0 Å². The summed E-state index contributed by atoms with van der Waals surface area (Å²) in [5, 5.41) is 7.90. The lowest BCUT2D eigenvalue weighted by molar-refractivity contribution is 0.341. The first-order chi connectivity index (χ1) is 8.35. The average Bonchev–Trinajstić information content (AvgIpc) is 2.66. The van der Waals surface area contributed by atoms with E-state index in [0.29, 0.717) is 6.04 Å². The summed E-state index contributed by atoms with van der Waals surface area (Å²) in [6.45, 7) is 3.10. The number of aromatic nitrogens is 2. The highest BCUT2D eigenvalue weighted by Gasteiger charge is 2.23. The van der Waals surface area contributed by atoms with E-state index in [1.165, 1.54) is 44.1 Å². The number of nitrogens with one attached hydrogen (secondary N) is 1. The first kappa shape index (κ1) is 12.6. The molecule has 3 nitrogen and oxygen atoms in total. The monoisotopic (exact) mass is 235 g/mol. The van der Waals surface area contributed by atoms with E-state index in [0.717, 1.165) is 12.5 Å². The Bertz CT molecular complexity index is 324. The lowest BCUT2D eigenvalue weighted by Crippen LogP contribution is -2.24. The van der Waals surface area contributed by atoms with Crippen molar-refractivity contribution in [3.63, 3.8) is 0 Å². The van der Waals surface area contributed by atoms with Gasteiger partial charge >= 0.3 is 0 Å². The van der Waals surface area contributed by atoms with Crippen LogP contribution in [-0.2, 0) is 6.54 Å². The van der Waals surface area contributed by atoms with Crippen LogP contribution in [0.25, 0.3) is 0 Å². The van der Waals surface area contributed by atoms with Crippen molar-refractivity contribution in [2.75, 3.05) is 7.05 Å². The number of aryl methyl sites for hydroxylation is 1. The van der Waals surface area contributed by atoms with E-state index in [2.05, 4.69) is 30.6 Å². The minimum absolute atomic E-state index is 0.494. The van der Waals surface area contributed by atoms with Crippen LogP contribution in [0.1, 0.15) is 57.1 Å². The molecule has 1 heterocycles. The van der Waals surface area contributed by atoms with Gasteiger partial charge in [-0.25, -0.2) is 0 Å². The minimum atomic E-state index is 0.494. The molecule has 1 atom stereocenters. The van der Waals surface area contributed by atoms with Crippen molar-refractivity contribution >= 4 is 0 Å². The van der Waals surface area contributed by atoms with Gasteiger partial charge < -0.3 is 5.32 Å². The molecule has 0 amide bonds.